The van der Waals surface area contributed by atoms with Crippen LogP contribution in [0.1, 0.15) is 61.1 Å². The third-order valence-corrected chi connectivity index (χ3v) is 6.28. The fraction of sp³-hybridized carbons (Fsp3) is 0.423. The molecule has 0 saturated carbocycles. The number of nitrogens with one attached hydrogen (secondary N) is 1. The van der Waals surface area contributed by atoms with Crippen LogP contribution in [0.5, 0.6) is 0 Å². The normalized spacial score (nSPS) is 15.2. The molecule has 0 aliphatic carbocycles. The highest BCUT2D eigenvalue weighted by Crippen LogP contribution is 2.24. The molecule has 1 amide bonds. The van der Waals surface area contributed by atoms with Gasteiger partial charge in [-0.3, -0.25) is 14.5 Å². The van der Waals surface area contributed by atoms with Crippen LogP contribution >= 0.6 is 0 Å². The van der Waals surface area contributed by atoms with E-state index in [4.69, 9.17) is 0 Å². The van der Waals surface area contributed by atoms with Gasteiger partial charge in [-0.05, 0) is 44.0 Å². The number of benzene rings is 2. The van der Waals surface area contributed by atoms with Crippen molar-refractivity contribution in [1.82, 2.24) is 20.0 Å². The Bertz CT molecular complexity index is 1100. The second-order valence-corrected chi connectivity index (χ2v) is 8.51. The van der Waals surface area contributed by atoms with E-state index in [-0.39, 0.29) is 17.5 Å². The average molecular weight is 433 g/mol. The number of rotatable bonds is 9. The van der Waals surface area contributed by atoms with Crippen molar-refractivity contribution in [3.05, 3.63) is 76.2 Å². The summed E-state index contributed by atoms with van der Waals surface area (Å²) >= 11 is 0. The maximum Gasteiger partial charge on any atom is 0.274 e. The Hall–Kier alpha value is -2.99. The average Bonchev–Trinajstić information content (AvgIpc) is 3.36. The SMILES string of the molecule is CCCCCn1nc(C(=O)NCC(c2ccccc2)N2CCCC2)c2ccccc2c1=O. The number of aryl methyl sites for hydroxylation is 1. The van der Waals surface area contributed by atoms with Gasteiger partial charge in [0.25, 0.3) is 11.5 Å². The van der Waals surface area contributed by atoms with Crippen molar-refractivity contribution in [2.45, 2.75) is 51.6 Å². The van der Waals surface area contributed by atoms with Crippen LogP contribution in [0.2, 0.25) is 0 Å². The molecule has 3 aromatic rings. The largest absolute Gasteiger partial charge is 0.349 e. The molecule has 4 rings (SSSR count). The number of carbonyl (C=O) groups is 1. The van der Waals surface area contributed by atoms with Crippen molar-refractivity contribution >= 4 is 16.7 Å². The lowest BCUT2D eigenvalue weighted by Crippen LogP contribution is -2.38. The fourth-order valence-corrected chi connectivity index (χ4v) is 4.53. The van der Waals surface area contributed by atoms with Crippen LogP contribution in [0.15, 0.2) is 59.4 Å². The molecule has 32 heavy (non-hydrogen) atoms. The van der Waals surface area contributed by atoms with Gasteiger partial charge in [-0.25, -0.2) is 4.68 Å². The van der Waals surface area contributed by atoms with Crippen molar-refractivity contribution in [1.29, 1.82) is 0 Å². The molecule has 1 aliphatic heterocycles. The van der Waals surface area contributed by atoms with Crippen molar-refractivity contribution in [2.24, 2.45) is 0 Å². The maximum atomic E-state index is 13.3. The van der Waals surface area contributed by atoms with E-state index in [9.17, 15) is 9.59 Å². The number of likely N-dealkylation sites (tertiary alicyclic amines) is 1. The standard InChI is InChI=1S/C26H32N4O2/c1-2-3-9-18-30-26(32)22-15-8-7-14-21(22)24(28-30)25(31)27-19-23(29-16-10-11-17-29)20-12-5-4-6-13-20/h4-8,12-15,23H,2-3,9-11,16-19H2,1H3,(H,27,31). The first-order valence-corrected chi connectivity index (χ1v) is 11.8. The second-order valence-electron chi connectivity index (χ2n) is 8.51. The van der Waals surface area contributed by atoms with E-state index < -0.39 is 0 Å². The topological polar surface area (TPSA) is 67.2 Å². The highest BCUT2D eigenvalue weighted by atomic mass is 16.2. The highest BCUT2D eigenvalue weighted by molar-refractivity contribution is 6.04. The van der Waals surface area contributed by atoms with Gasteiger partial charge in [0.1, 0.15) is 0 Å². The molecule has 6 heteroatoms. The summed E-state index contributed by atoms with van der Waals surface area (Å²) in [6, 6.07) is 17.7. The molecule has 1 atom stereocenters. The van der Waals surface area contributed by atoms with Gasteiger partial charge in [0, 0.05) is 18.5 Å². The van der Waals surface area contributed by atoms with Gasteiger partial charge in [0.15, 0.2) is 5.69 Å². The molecule has 1 aromatic heterocycles. The van der Waals surface area contributed by atoms with E-state index in [0.29, 0.717) is 29.6 Å². The Morgan fingerprint density at radius 2 is 1.69 bits per heavy atom. The number of fused-ring (bicyclic) bond motifs is 1. The van der Waals surface area contributed by atoms with Gasteiger partial charge in [-0.15, -0.1) is 0 Å². The van der Waals surface area contributed by atoms with E-state index in [1.807, 2.05) is 36.4 Å². The van der Waals surface area contributed by atoms with Crippen LogP contribution in [0.25, 0.3) is 10.8 Å². The Morgan fingerprint density at radius 3 is 2.41 bits per heavy atom. The molecule has 0 radical (unpaired) electrons. The first kappa shape index (κ1) is 22.2. The third kappa shape index (κ3) is 4.91. The number of unbranched alkanes of at least 4 members (excludes halogenated alkanes) is 2. The predicted molar refractivity (Wildman–Crippen MR) is 128 cm³/mol. The van der Waals surface area contributed by atoms with Crippen molar-refractivity contribution < 1.29 is 4.79 Å². The summed E-state index contributed by atoms with van der Waals surface area (Å²) in [6.45, 7) is 5.24. The van der Waals surface area contributed by atoms with Crippen molar-refractivity contribution in [3.63, 3.8) is 0 Å². The van der Waals surface area contributed by atoms with E-state index in [1.54, 1.807) is 6.07 Å². The number of amides is 1. The Morgan fingerprint density at radius 1 is 1.00 bits per heavy atom. The first-order chi connectivity index (χ1) is 15.7. The number of carbonyl (C=O) groups excluding carboxylic acids is 1. The third-order valence-electron chi connectivity index (χ3n) is 6.28. The molecule has 1 saturated heterocycles. The zero-order valence-electron chi connectivity index (χ0n) is 18.8. The molecular formula is C26H32N4O2. The minimum Gasteiger partial charge on any atom is -0.349 e. The smallest absolute Gasteiger partial charge is 0.274 e. The van der Waals surface area contributed by atoms with E-state index >= 15 is 0 Å². The summed E-state index contributed by atoms with van der Waals surface area (Å²) in [5, 5.41) is 8.78. The molecule has 1 unspecified atom stereocenters. The summed E-state index contributed by atoms with van der Waals surface area (Å²) in [5.41, 5.74) is 1.40. The lowest BCUT2D eigenvalue weighted by molar-refractivity contribution is 0.0932. The Balaban J connectivity index is 1.59. The maximum absolute atomic E-state index is 13.3. The number of hydrogen-bond acceptors (Lipinski definition) is 4. The summed E-state index contributed by atoms with van der Waals surface area (Å²) < 4.78 is 1.46. The molecule has 6 nitrogen and oxygen atoms in total. The molecule has 2 aromatic carbocycles. The van der Waals surface area contributed by atoms with Gasteiger partial charge >= 0.3 is 0 Å². The van der Waals surface area contributed by atoms with Crippen LogP contribution in [-0.2, 0) is 6.54 Å². The van der Waals surface area contributed by atoms with Gasteiger partial charge in [-0.2, -0.15) is 5.10 Å². The minimum absolute atomic E-state index is 0.129. The van der Waals surface area contributed by atoms with Gasteiger partial charge < -0.3 is 5.32 Å². The summed E-state index contributed by atoms with van der Waals surface area (Å²) in [5.74, 6) is -0.231. The predicted octanol–water partition coefficient (Wildman–Crippen LogP) is 4.15. The van der Waals surface area contributed by atoms with Gasteiger partial charge in [0.2, 0.25) is 0 Å². The van der Waals surface area contributed by atoms with E-state index in [1.165, 1.54) is 23.1 Å². The molecule has 0 spiro atoms. The molecule has 2 heterocycles. The zero-order chi connectivity index (χ0) is 22.3. The Labute approximate surface area is 189 Å². The molecule has 0 bridgehead atoms. The summed E-state index contributed by atoms with van der Waals surface area (Å²) in [6.07, 6.45) is 5.33. The lowest BCUT2D eigenvalue weighted by atomic mass is 10.1. The second kappa shape index (κ2) is 10.6. The number of aromatic nitrogens is 2. The lowest BCUT2D eigenvalue weighted by Gasteiger charge is -2.28. The van der Waals surface area contributed by atoms with Crippen molar-refractivity contribution in [2.75, 3.05) is 19.6 Å². The quantitative estimate of drug-likeness (QED) is 0.516. The summed E-state index contributed by atoms with van der Waals surface area (Å²) in [7, 11) is 0. The van der Waals surface area contributed by atoms with Crippen LogP contribution in [0.4, 0.5) is 0 Å². The number of nitrogens with zero attached hydrogens (tertiary/aromatic N) is 3. The number of hydrogen-bond donors (Lipinski definition) is 1. The monoisotopic (exact) mass is 432 g/mol. The zero-order valence-corrected chi connectivity index (χ0v) is 18.8. The molecule has 1 N–H and O–H groups in total. The molecule has 1 fully saturated rings. The first-order valence-electron chi connectivity index (χ1n) is 11.8. The summed E-state index contributed by atoms with van der Waals surface area (Å²) in [4.78, 5) is 28.6. The molecule has 168 valence electrons. The highest BCUT2D eigenvalue weighted by Gasteiger charge is 2.25. The van der Waals surface area contributed by atoms with E-state index in [2.05, 4.69) is 34.4 Å². The Kier molecular flexibility index (Phi) is 7.32. The van der Waals surface area contributed by atoms with Crippen LogP contribution in [-0.4, -0.2) is 40.2 Å². The van der Waals surface area contributed by atoms with Crippen LogP contribution < -0.4 is 10.9 Å². The van der Waals surface area contributed by atoms with Crippen LogP contribution in [0.3, 0.4) is 0 Å². The fourth-order valence-electron chi connectivity index (χ4n) is 4.53. The molecular weight excluding hydrogens is 400 g/mol. The minimum atomic E-state index is -0.231. The van der Waals surface area contributed by atoms with Crippen molar-refractivity contribution in [3.8, 4) is 0 Å². The van der Waals surface area contributed by atoms with Crippen LogP contribution in [0, 0.1) is 0 Å². The van der Waals surface area contributed by atoms with Gasteiger partial charge in [0.05, 0.1) is 11.4 Å². The van der Waals surface area contributed by atoms with E-state index in [0.717, 1.165) is 32.4 Å². The molecule has 1 aliphatic rings. The van der Waals surface area contributed by atoms with Gasteiger partial charge in [-0.1, -0.05) is 68.3 Å².